The highest BCUT2D eigenvalue weighted by Gasteiger charge is 2.25. The molecule has 0 bridgehead atoms. The lowest BCUT2D eigenvalue weighted by Gasteiger charge is -2.34. The molecule has 0 aromatic carbocycles. The van der Waals surface area contributed by atoms with Crippen LogP contribution in [0.5, 0.6) is 0 Å². The van der Waals surface area contributed by atoms with E-state index < -0.39 is 0 Å². The van der Waals surface area contributed by atoms with E-state index >= 15 is 0 Å². The highest BCUT2D eigenvalue weighted by atomic mass is 32.1. The summed E-state index contributed by atoms with van der Waals surface area (Å²) in [5, 5.41) is 2.10. The van der Waals surface area contributed by atoms with E-state index in [9.17, 15) is 0 Å². The Labute approximate surface area is 124 Å². The summed E-state index contributed by atoms with van der Waals surface area (Å²) in [7, 11) is 0. The van der Waals surface area contributed by atoms with Crippen molar-refractivity contribution in [3.8, 4) is 0 Å². The molecule has 5 heteroatoms. The smallest absolute Gasteiger partial charge is 0.195 e. The van der Waals surface area contributed by atoms with Gasteiger partial charge in [-0.15, -0.1) is 11.3 Å². The van der Waals surface area contributed by atoms with Crippen LogP contribution >= 0.6 is 11.3 Å². The van der Waals surface area contributed by atoms with E-state index in [4.69, 9.17) is 10.7 Å². The number of hydrogen-bond acceptors (Lipinski definition) is 4. The lowest BCUT2D eigenvalue weighted by atomic mass is 9.94. The summed E-state index contributed by atoms with van der Waals surface area (Å²) in [6.07, 6.45) is 9.74. The Hall–Kier alpha value is -1.07. The second-order valence-electron chi connectivity index (χ2n) is 5.55. The first kappa shape index (κ1) is 13.9. The van der Waals surface area contributed by atoms with Gasteiger partial charge < -0.3 is 10.6 Å². The van der Waals surface area contributed by atoms with Gasteiger partial charge in [0.15, 0.2) is 10.8 Å². The number of thiazole rings is 1. The van der Waals surface area contributed by atoms with Crippen LogP contribution < -0.4 is 10.6 Å². The normalized spacial score (nSPS) is 16.9. The van der Waals surface area contributed by atoms with Gasteiger partial charge in [0, 0.05) is 30.6 Å². The van der Waals surface area contributed by atoms with Gasteiger partial charge in [-0.1, -0.05) is 19.3 Å². The Bertz CT molecular complexity index is 553. The number of nitrogens with zero attached hydrogens (tertiary/aromatic N) is 3. The van der Waals surface area contributed by atoms with E-state index in [0.717, 1.165) is 17.9 Å². The first-order valence-corrected chi connectivity index (χ1v) is 8.64. The maximum absolute atomic E-state index is 5.81. The van der Waals surface area contributed by atoms with Gasteiger partial charge >= 0.3 is 0 Å². The number of anilines is 1. The van der Waals surface area contributed by atoms with Crippen LogP contribution in [0.3, 0.4) is 0 Å². The number of nitrogens with two attached hydrogens (primary N) is 1. The first-order chi connectivity index (χ1) is 9.85. The number of hydrogen-bond donors (Lipinski definition) is 1. The van der Waals surface area contributed by atoms with Gasteiger partial charge in [-0.25, -0.2) is 4.98 Å². The summed E-state index contributed by atoms with van der Waals surface area (Å²) < 4.78 is 2.22. The maximum Gasteiger partial charge on any atom is 0.195 e. The predicted molar refractivity (Wildman–Crippen MR) is 85.7 cm³/mol. The third-order valence-electron chi connectivity index (χ3n) is 4.35. The standard InChI is InChI=1S/C15H24N4S/c1-2-18(12-6-4-3-5-7-12)14-13(8-9-16)19-10-11-20-15(19)17-14/h10-12H,2-9,16H2,1H3. The Morgan fingerprint density at radius 2 is 2.20 bits per heavy atom. The summed E-state index contributed by atoms with van der Waals surface area (Å²) in [5.74, 6) is 1.18. The summed E-state index contributed by atoms with van der Waals surface area (Å²) in [6.45, 7) is 3.96. The van der Waals surface area contributed by atoms with E-state index in [0.29, 0.717) is 12.6 Å². The number of rotatable bonds is 5. The van der Waals surface area contributed by atoms with Gasteiger partial charge in [0.05, 0.1) is 5.69 Å². The molecular formula is C15H24N4S. The SMILES string of the molecule is CCN(c1nc2sccn2c1CCN)C1CCCCC1. The summed E-state index contributed by atoms with van der Waals surface area (Å²) in [4.78, 5) is 8.50. The fourth-order valence-corrected chi connectivity index (χ4v) is 4.12. The molecule has 2 aromatic rings. The fourth-order valence-electron chi connectivity index (χ4n) is 3.39. The molecule has 3 rings (SSSR count). The van der Waals surface area contributed by atoms with Gasteiger partial charge in [0.2, 0.25) is 0 Å². The molecule has 1 aliphatic carbocycles. The van der Waals surface area contributed by atoms with Gasteiger partial charge in [0.25, 0.3) is 0 Å². The molecule has 1 fully saturated rings. The van der Waals surface area contributed by atoms with Crippen LogP contribution in [0.15, 0.2) is 11.6 Å². The average molecular weight is 292 g/mol. The minimum Gasteiger partial charge on any atom is -0.352 e. The zero-order valence-corrected chi connectivity index (χ0v) is 13.0. The lowest BCUT2D eigenvalue weighted by molar-refractivity contribution is 0.416. The van der Waals surface area contributed by atoms with Crippen molar-refractivity contribution >= 4 is 22.1 Å². The maximum atomic E-state index is 5.81. The third-order valence-corrected chi connectivity index (χ3v) is 5.11. The Morgan fingerprint density at radius 3 is 2.90 bits per heavy atom. The van der Waals surface area contributed by atoms with E-state index in [1.54, 1.807) is 11.3 Å². The molecule has 0 saturated heterocycles. The van der Waals surface area contributed by atoms with Crippen molar-refractivity contribution < 1.29 is 0 Å². The molecule has 1 saturated carbocycles. The molecule has 0 spiro atoms. The molecule has 0 aliphatic heterocycles. The van der Waals surface area contributed by atoms with Crippen LogP contribution in [0, 0.1) is 0 Å². The molecule has 2 heterocycles. The second-order valence-corrected chi connectivity index (χ2v) is 6.43. The van der Waals surface area contributed by atoms with Crippen LogP contribution in [0.2, 0.25) is 0 Å². The van der Waals surface area contributed by atoms with E-state index in [1.807, 2.05) is 0 Å². The molecular weight excluding hydrogens is 268 g/mol. The fraction of sp³-hybridized carbons (Fsp3) is 0.667. The first-order valence-electron chi connectivity index (χ1n) is 7.76. The van der Waals surface area contributed by atoms with Crippen molar-refractivity contribution in [2.45, 2.75) is 51.5 Å². The number of aromatic nitrogens is 2. The van der Waals surface area contributed by atoms with Crippen LogP contribution in [-0.2, 0) is 6.42 Å². The zero-order chi connectivity index (χ0) is 13.9. The second kappa shape index (κ2) is 6.14. The van der Waals surface area contributed by atoms with E-state index in [1.165, 1.54) is 43.6 Å². The molecule has 2 aromatic heterocycles. The monoisotopic (exact) mass is 292 g/mol. The van der Waals surface area contributed by atoms with Gasteiger partial charge in [-0.3, -0.25) is 4.40 Å². The average Bonchev–Trinajstić information content (AvgIpc) is 3.05. The minimum atomic E-state index is 0.662. The molecule has 0 radical (unpaired) electrons. The van der Waals surface area contributed by atoms with Gasteiger partial charge in [-0.05, 0) is 26.3 Å². The highest BCUT2D eigenvalue weighted by molar-refractivity contribution is 7.15. The topological polar surface area (TPSA) is 46.6 Å². The molecule has 0 atom stereocenters. The van der Waals surface area contributed by atoms with Crippen molar-refractivity contribution in [1.29, 1.82) is 0 Å². The summed E-state index contributed by atoms with van der Waals surface area (Å²) >= 11 is 1.71. The predicted octanol–water partition coefficient (Wildman–Crippen LogP) is 3.06. The molecule has 110 valence electrons. The Morgan fingerprint density at radius 1 is 1.40 bits per heavy atom. The van der Waals surface area contributed by atoms with Gasteiger partial charge in [-0.2, -0.15) is 0 Å². The molecule has 2 N–H and O–H groups in total. The minimum absolute atomic E-state index is 0.662. The quantitative estimate of drug-likeness (QED) is 0.921. The van der Waals surface area contributed by atoms with Crippen molar-refractivity contribution in [2.75, 3.05) is 18.0 Å². The molecule has 0 unspecified atom stereocenters. The van der Waals surface area contributed by atoms with Crippen molar-refractivity contribution in [2.24, 2.45) is 5.73 Å². The van der Waals surface area contributed by atoms with Crippen molar-refractivity contribution in [3.63, 3.8) is 0 Å². The molecule has 0 amide bonds. The number of fused-ring (bicyclic) bond motifs is 1. The van der Waals surface area contributed by atoms with E-state index in [-0.39, 0.29) is 0 Å². The summed E-state index contributed by atoms with van der Waals surface area (Å²) in [6, 6.07) is 0.662. The van der Waals surface area contributed by atoms with Crippen LogP contribution in [-0.4, -0.2) is 28.5 Å². The van der Waals surface area contributed by atoms with Crippen LogP contribution in [0.1, 0.15) is 44.7 Å². The van der Waals surface area contributed by atoms with Crippen molar-refractivity contribution in [3.05, 3.63) is 17.3 Å². The van der Waals surface area contributed by atoms with Crippen LogP contribution in [0.4, 0.5) is 5.82 Å². The third kappa shape index (κ3) is 2.44. The van der Waals surface area contributed by atoms with E-state index in [2.05, 4.69) is 27.8 Å². The van der Waals surface area contributed by atoms with Crippen molar-refractivity contribution in [1.82, 2.24) is 9.38 Å². The van der Waals surface area contributed by atoms with Gasteiger partial charge in [0.1, 0.15) is 0 Å². The highest BCUT2D eigenvalue weighted by Crippen LogP contribution is 2.31. The molecule has 20 heavy (non-hydrogen) atoms. The molecule has 1 aliphatic rings. The lowest BCUT2D eigenvalue weighted by Crippen LogP contribution is -2.37. The molecule has 4 nitrogen and oxygen atoms in total. The largest absolute Gasteiger partial charge is 0.352 e. The zero-order valence-electron chi connectivity index (χ0n) is 12.2. The Kier molecular flexibility index (Phi) is 4.27. The Balaban J connectivity index is 1.96. The number of imidazole rings is 1. The van der Waals surface area contributed by atoms with Crippen LogP contribution in [0.25, 0.3) is 4.96 Å². The summed E-state index contributed by atoms with van der Waals surface area (Å²) in [5.41, 5.74) is 7.10.